The van der Waals surface area contributed by atoms with Gasteiger partial charge in [-0.25, -0.2) is 0 Å². The Morgan fingerprint density at radius 3 is 2.43 bits per heavy atom. The van der Waals surface area contributed by atoms with Gasteiger partial charge in [-0.2, -0.15) is 0 Å². The van der Waals surface area contributed by atoms with Crippen LogP contribution in [0.4, 0.5) is 0 Å². The third kappa shape index (κ3) is 5.52. The van der Waals surface area contributed by atoms with E-state index in [1.165, 1.54) is 0 Å². The van der Waals surface area contributed by atoms with Crippen molar-refractivity contribution in [2.75, 3.05) is 39.3 Å². The lowest BCUT2D eigenvalue weighted by Gasteiger charge is -2.35. The summed E-state index contributed by atoms with van der Waals surface area (Å²) in [6.45, 7) is 8.36. The third-order valence-corrected chi connectivity index (χ3v) is 4.05. The van der Waals surface area contributed by atoms with Crippen LogP contribution < -0.4 is 4.74 Å². The molecule has 0 radical (unpaired) electrons. The van der Waals surface area contributed by atoms with Gasteiger partial charge >= 0.3 is 0 Å². The number of piperazine rings is 1. The van der Waals surface area contributed by atoms with E-state index in [1.54, 1.807) is 6.92 Å². The standard InChI is InChI=1S/C18H28N2O3/c1-3-4-13-23-17-7-5-16(6-8-17)18(22)20-11-9-19(10-12-20)14-15(2)21/h5-8,15,21H,3-4,9-14H2,1-2H3/t15-/m0/s1. The van der Waals surface area contributed by atoms with Crippen LogP contribution in [0.25, 0.3) is 0 Å². The van der Waals surface area contributed by atoms with Crippen LogP contribution in [0.3, 0.4) is 0 Å². The molecule has 0 aliphatic carbocycles. The van der Waals surface area contributed by atoms with Gasteiger partial charge in [0.25, 0.3) is 5.91 Å². The molecular formula is C18H28N2O3. The monoisotopic (exact) mass is 320 g/mol. The molecule has 1 aromatic rings. The Labute approximate surface area is 138 Å². The summed E-state index contributed by atoms with van der Waals surface area (Å²) in [6.07, 6.45) is 1.83. The fourth-order valence-corrected chi connectivity index (χ4v) is 2.72. The first-order valence-corrected chi connectivity index (χ1v) is 8.52. The van der Waals surface area contributed by atoms with Crippen molar-refractivity contribution >= 4 is 5.91 Å². The fourth-order valence-electron chi connectivity index (χ4n) is 2.72. The number of β-amino-alcohol motifs (C(OH)–C–C–N with tert-alkyl or cyclic N) is 1. The SMILES string of the molecule is CCCCOc1ccc(C(=O)N2CCN(C[C@H](C)O)CC2)cc1. The molecule has 0 bridgehead atoms. The number of carbonyl (C=O) groups excluding carboxylic acids is 1. The summed E-state index contributed by atoms with van der Waals surface area (Å²) >= 11 is 0. The Morgan fingerprint density at radius 1 is 1.22 bits per heavy atom. The number of hydrogen-bond donors (Lipinski definition) is 1. The maximum absolute atomic E-state index is 12.5. The zero-order valence-electron chi connectivity index (χ0n) is 14.2. The Hall–Kier alpha value is -1.59. The highest BCUT2D eigenvalue weighted by Gasteiger charge is 2.22. The lowest BCUT2D eigenvalue weighted by Crippen LogP contribution is -2.50. The van der Waals surface area contributed by atoms with E-state index in [0.717, 1.165) is 38.3 Å². The van der Waals surface area contributed by atoms with E-state index in [0.29, 0.717) is 25.2 Å². The molecule has 0 aromatic heterocycles. The fraction of sp³-hybridized carbons (Fsp3) is 0.611. The summed E-state index contributed by atoms with van der Waals surface area (Å²) in [4.78, 5) is 16.6. The summed E-state index contributed by atoms with van der Waals surface area (Å²) in [6, 6.07) is 7.41. The van der Waals surface area contributed by atoms with Gasteiger partial charge in [0.1, 0.15) is 5.75 Å². The van der Waals surface area contributed by atoms with Crippen LogP contribution in [0.15, 0.2) is 24.3 Å². The molecule has 0 spiro atoms. The molecule has 1 aliphatic rings. The smallest absolute Gasteiger partial charge is 0.253 e. The quantitative estimate of drug-likeness (QED) is 0.781. The molecule has 1 heterocycles. The van der Waals surface area contributed by atoms with Gasteiger partial charge in [-0.15, -0.1) is 0 Å². The van der Waals surface area contributed by atoms with Crippen LogP contribution in [-0.2, 0) is 0 Å². The topological polar surface area (TPSA) is 53.0 Å². The van der Waals surface area contributed by atoms with Crippen LogP contribution in [0.5, 0.6) is 5.75 Å². The molecule has 23 heavy (non-hydrogen) atoms. The summed E-state index contributed by atoms with van der Waals surface area (Å²) < 4.78 is 5.62. The van der Waals surface area contributed by atoms with Crippen LogP contribution >= 0.6 is 0 Å². The number of amides is 1. The number of carbonyl (C=O) groups is 1. The average molecular weight is 320 g/mol. The molecule has 5 nitrogen and oxygen atoms in total. The lowest BCUT2D eigenvalue weighted by molar-refractivity contribution is 0.0554. The van der Waals surface area contributed by atoms with E-state index < -0.39 is 0 Å². The maximum Gasteiger partial charge on any atom is 0.253 e. The van der Waals surface area contributed by atoms with E-state index in [4.69, 9.17) is 4.74 Å². The van der Waals surface area contributed by atoms with Crippen molar-refractivity contribution in [1.29, 1.82) is 0 Å². The molecule has 0 unspecified atom stereocenters. The van der Waals surface area contributed by atoms with E-state index in [9.17, 15) is 9.90 Å². The molecule has 2 rings (SSSR count). The highest BCUT2D eigenvalue weighted by molar-refractivity contribution is 5.94. The lowest BCUT2D eigenvalue weighted by atomic mass is 10.1. The number of aliphatic hydroxyl groups is 1. The highest BCUT2D eigenvalue weighted by atomic mass is 16.5. The Morgan fingerprint density at radius 2 is 1.87 bits per heavy atom. The minimum atomic E-state index is -0.322. The highest BCUT2D eigenvalue weighted by Crippen LogP contribution is 2.15. The van der Waals surface area contributed by atoms with Gasteiger partial charge in [-0.1, -0.05) is 13.3 Å². The summed E-state index contributed by atoms with van der Waals surface area (Å²) in [5.41, 5.74) is 0.705. The number of unbranched alkanes of at least 4 members (excludes halogenated alkanes) is 1. The number of nitrogens with zero attached hydrogens (tertiary/aromatic N) is 2. The number of aliphatic hydroxyl groups excluding tert-OH is 1. The second-order valence-corrected chi connectivity index (χ2v) is 6.17. The molecule has 5 heteroatoms. The van der Waals surface area contributed by atoms with E-state index >= 15 is 0 Å². The van der Waals surface area contributed by atoms with Crippen molar-refractivity contribution in [2.45, 2.75) is 32.8 Å². The molecule has 1 atom stereocenters. The molecule has 1 amide bonds. The van der Waals surface area contributed by atoms with E-state index in [2.05, 4.69) is 11.8 Å². The van der Waals surface area contributed by atoms with Gasteiger partial charge in [0, 0.05) is 38.3 Å². The van der Waals surface area contributed by atoms with Crippen molar-refractivity contribution in [3.05, 3.63) is 29.8 Å². The maximum atomic E-state index is 12.5. The van der Waals surface area contributed by atoms with Crippen molar-refractivity contribution in [2.24, 2.45) is 0 Å². The van der Waals surface area contributed by atoms with Gasteiger partial charge in [-0.05, 0) is 37.6 Å². The minimum Gasteiger partial charge on any atom is -0.494 e. The molecule has 1 fully saturated rings. The van der Waals surface area contributed by atoms with Crippen molar-refractivity contribution in [1.82, 2.24) is 9.80 Å². The van der Waals surface area contributed by atoms with Crippen molar-refractivity contribution < 1.29 is 14.6 Å². The molecule has 1 N–H and O–H groups in total. The first-order valence-electron chi connectivity index (χ1n) is 8.52. The van der Waals surface area contributed by atoms with Crippen molar-refractivity contribution in [3.8, 4) is 5.75 Å². The molecule has 1 aromatic carbocycles. The zero-order chi connectivity index (χ0) is 16.7. The van der Waals surface area contributed by atoms with Gasteiger partial charge in [0.15, 0.2) is 0 Å². The molecule has 128 valence electrons. The molecule has 1 aliphatic heterocycles. The summed E-state index contributed by atoms with van der Waals surface area (Å²) in [5.74, 6) is 0.888. The van der Waals surface area contributed by atoms with Crippen LogP contribution in [0, 0.1) is 0 Å². The number of ether oxygens (including phenoxy) is 1. The van der Waals surface area contributed by atoms with E-state index in [1.807, 2.05) is 29.2 Å². The van der Waals surface area contributed by atoms with Gasteiger partial charge in [0.05, 0.1) is 12.7 Å². The molecule has 1 saturated heterocycles. The number of hydrogen-bond acceptors (Lipinski definition) is 4. The predicted molar refractivity (Wildman–Crippen MR) is 90.9 cm³/mol. The second-order valence-electron chi connectivity index (χ2n) is 6.17. The predicted octanol–water partition coefficient (Wildman–Crippen LogP) is 2.00. The van der Waals surface area contributed by atoms with Gasteiger partial charge < -0.3 is 14.7 Å². The Balaban J connectivity index is 1.84. The first kappa shape index (κ1) is 17.8. The summed E-state index contributed by atoms with van der Waals surface area (Å²) in [5, 5.41) is 9.43. The van der Waals surface area contributed by atoms with Gasteiger partial charge in [-0.3, -0.25) is 9.69 Å². The zero-order valence-corrected chi connectivity index (χ0v) is 14.2. The average Bonchev–Trinajstić information content (AvgIpc) is 2.55. The van der Waals surface area contributed by atoms with E-state index in [-0.39, 0.29) is 12.0 Å². The first-order chi connectivity index (χ1) is 11.1. The van der Waals surface area contributed by atoms with Crippen LogP contribution in [0.1, 0.15) is 37.0 Å². The molecule has 0 saturated carbocycles. The largest absolute Gasteiger partial charge is 0.494 e. The van der Waals surface area contributed by atoms with Crippen LogP contribution in [-0.4, -0.2) is 66.2 Å². The normalized spacial score (nSPS) is 17.1. The number of benzene rings is 1. The minimum absolute atomic E-state index is 0.0711. The summed E-state index contributed by atoms with van der Waals surface area (Å²) in [7, 11) is 0. The number of rotatable bonds is 7. The third-order valence-electron chi connectivity index (χ3n) is 4.05. The van der Waals surface area contributed by atoms with Crippen LogP contribution in [0.2, 0.25) is 0 Å². The Kier molecular flexibility index (Phi) is 6.86. The second kappa shape index (κ2) is 8.89. The van der Waals surface area contributed by atoms with Gasteiger partial charge in [0.2, 0.25) is 0 Å². The molecular weight excluding hydrogens is 292 g/mol. The Bertz CT molecular complexity index is 480. The van der Waals surface area contributed by atoms with Crippen molar-refractivity contribution in [3.63, 3.8) is 0 Å².